The molecule has 0 radical (unpaired) electrons. The van der Waals surface area contributed by atoms with E-state index in [9.17, 15) is 9.59 Å². The van der Waals surface area contributed by atoms with Crippen molar-refractivity contribution in [1.29, 1.82) is 0 Å². The molecule has 1 saturated heterocycles. The molecule has 1 aliphatic heterocycles. The van der Waals surface area contributed by atoms with Gasteiger partial charge in [-0.25, -0.2) is 4.98 Å². The van der Waals surface area contributed by atoms with Gasteiger partial charge in [-0.05, 0) is 31.3 Å². The SMILES string of the molecule is Cc1nc2ncc(C(=O)N(C)C3CCSCC3)c(=O)n2[nH]1. The Morgan fingerprint density at radius 1 is 1.48 bits per heavy atom. The number of carbonyl (C=O) groups excluding carboxylic acids is 1. The van der Waals surface area contributed by atoms with Gasteiger partial charge in [0.25, 0.3) is 17.2 Å². The first kappa shape index (κ1) is 14.1. The van der Waals surface area contributed by atoms with Gasteiger partial charge in [0.2, 0.25) is 0 Å². The first-order valence-electron chi connectivity index (χ1n) is 6.87. The normalized spacial score (nSPS) is 16.3. The molecule has 7 nitrogen and oxygen atoms in total. The van der Waals surface area contributed by atoms with E-state index in [4.69, 9.17) is 0 Å². The molecular formula is C13H17N5O2S. The van der Waals surface area contributed by atoms with E-state index < -0.39 is 5.56 Å². The number of aryl methyl sites for hydroxylation is 1. The maximum absolute atomic E-state index is 12.5. The molecule has 0 bridgehead atoms. The molecule has 112 valence electrons. The highest BCUT2D eigenvalue weighted by Gasteiger charge is 2.25. The first-order chi connectivity index (χ1) is 10.1. The summed E-state index contributed by atoms with van der Waals surface area (Å²) in [5.41, 5.74) is -0.320. The highest BCUT2D eigenvalue weighted by molar-refractivity contribution is 7.99. The number of H-pyrrole nitrogens is 1. The molecule has 3 heterocycles. The van der Waals surface area contributed by atoms with Gasteiger partial charge in [0.1, 0.15) is 11.4 Å². The molecule has 1 N–H and O–H groups in total. The van der Waals surface area contributed by atoms with Crippen molar-refractivity contribution in [1.82, 2.24) is 24.5 Å². The van der Waals surface area contributed by atoms with Crippen LogP contribution in [0, 0.1) is 6.92 Å². The van der Waals surface area contributed by atoms with Crippen molar-refractivity contribution in [3.63, 3.8) is 0 Å². The molecule has 0 unspecified atom stereocenters. The van der Waals surface area contributed by atoms with E-state index in [0.717, 1.165) is 24.3 Å². The van der Waals surface area contributed by atoms with E-state index in [-0.39, 0.29) is 23.3 Å². The summed E-state index contributed by atoms with van der Waals surface area (Å²) in [6.07, 6.45) is 3.26. The van der Waals surface area contributed by atoms with E-state index in [2.05, 4.69) is 15.1 Å². The van der Waals surface area contributed by atoms with Crippen LogP contribution in [0.1, 0.15) is 29.0 Å². The van der Waals surface area contributed by atoms with Crippen LogP contribution in [0.5, 0.6) is 0 Å². The fourth-order valence-electron chi connectivity index (χ4n) is 2.54. The van der Waals surface area contributed by atoms with Crippen molar-refractivity contribution < 1.29 is 4.79 Å². The Bertz CT molecular complexity index is 732. The molecule has 8 heteroatoms. The van der Waals surface area contributed by atoms with Gasteiger partial charge in [0.15, 0.2) is 0 Å². The van der Waals surface area contributed by atoms with Gasteiger partial charge in [-0.2, -0.15) is 21.3 Å². The molecule has 21 heavy (non-hydrogen) atoms. The number of thioether (sulfide) groups is 1. The molecule has 1 amide bonds. The summed E-state index contributed by atoms with van der Waals surface area (Å²) in [4.78, 5) is 34.7. The lowest BCUT2D eigenvalue weighted by Crippen LogP contribution is -2.41. The topological polar surface area (TPSA) is 83.4 Å². The summed E-state index contributed by atoms with van der Waals surface area (Å²) in [6.45, 7) is 1.74. The zero-order valence-corrected chi connectivity index (χ0v) is 12.8. The molecule has 1 fully saturated rings. The summed E-state index contributed by atoms with van der Waals surface area (Å²) in [7, 11) is 1.76. The van der Waals surface area contributed by atoms with Crippen molar-refractivity contribution in [3.8, 4) is 0 Å². The van der Waals surface area contributed by atoms with Gasteiger partial charge in [0.05, 0.1) is 0 Å². The first-order valence-corrected chi connectivity index (χ1v) is 8.02. The smallest absolute Gasteiger partial charge is 0.286 e. The van der Waals surface area contributed by atoms with Crippen LogP contribution >= 0.6 is 11.8 Å². The number of aromatic amines is 1. The number of hydrogen-bond acceptors (Lipinski definition) is 5. The zero-order chi connectivity index (χ0) is 15.0. The number of nitrogens with zero attached hydrogens (tertiary/aromatic N) is 4. The quantitative estimate of drug-likeness (QED) is 0.882. The van der Waals surface area contributed by atoms with E-state index in [1.54, 1.807) is 18.9 Å². The van der Waals surface area contributed by atoms with Gasteiger partial charge < -0.3 is 4.90 Å². The van der Waals surface area contributed by atoms with Crippen LogP contribution < -0.4 is 5.56 Å². The standard InChI is InChI=1S/C13H17N5O2S/c1-8-15-13-14-7-10(12(20)18(13)16-8)11(19)17(2)9-3-5-21-6-4-9/h7,9H,3-6H2,1-2H3,(H,14,15,16). The van der Waals surface area contributed by atoms with Gasteiger partial charge in [-0.15, -0.1) is 0 Å². The lowest BCUT2D eigenvalue weighted by atomic mass is 10.1. The molecule has 1 aliphatic rings. The van der Waals surface area contributed by atoms with Crippen LogP contribution in [0.15, 0.2) is 11.0 Å². The monoisotopic (exact) mass is 307 g/mol. The van der Waals surface area contributed by atoms with Gasteiger partial charge >= 0.3 is 0 Å². The van der Waals surface area contributed by atoms with Crippen molar-refractivity contribution in [2.75, 3.05) is 18.6 Å². The Morgan fingerprint density at radius 2 is 2.19 bits per heavy atom. The van der Waals surface area contributed by atoms with Crippen LogP contribution in [-0.4, -0.2) is 55.0 Å². The van der Waals surface area contributed by atoms with Crippen molar-refractivity contribution in [3.05, 3.63) is 27.9 Å². The minimum Gasteiger partial charge on any atom is -0.338 e. The maximum atomic E-state index is 12.5. The lowest BCUT2D eigenvalue weighted by molar-refractivity contribution is 0.0721. The van der Waals surface area contributed by atoms with Crippen molar-refractivity contribution >= 4 is 23.4 Å². The predicted octanol–water partition coefficient (Wildman–Crippen LogP) is 0.694. The van der Waals surface area contributed by atoms with Crippen LogP contribution in [0.4, 0.5) is 0 Å². The Balaban J connectivity index is 1.93. The number of nitrogens with one attached hydrogen (secondary N) is 1. The number of amides is 1. The molecule has 0 saturated carbocycles. The molecular weight excluding hydrogens is 290 g/mol. The average molecular weight is 307 g/mol. The summed E-state index contributed by atoms with van der Waals surface area (Å²) in [5.74, 6) is 2.70. The predicted molar refractivity (Wildman–Crippen MR) is 80.8 cm³/mol. The summed E-state index contributed by atoms with van der Waals surface area (Å²) in [6, 6.07) is 0.197. The fourth-order valence-corrected chi connectivity index (χ4v) is 3.62. The largest absolute Gasteiger partial charge is 0.338 e. The molecule has 2 aromatic heterocycles. The summed E-state index contributed by atoms with van der Waals surface area (Å²) < 4.78 is 1.22. The second-order valence-electron chi connectivity index (χ2n) is 5.18. The third-order valence-corrected chi connectivity index (χ3v) is 4.82. The highest BCUT2D eigenvalue weighted by Crippen LogP contribution is 2.21. The van der Waals surface area contributed by atoms with Crippen LogP contribution in [0.25, 0.3) is 5.78 Å². The van der Waals surface area contributed by atoms with E-state index in [1.165, 1.54) is 10.7 Å². The zero-order valence-electron chi connectivity index (χ0n) is 12.0. The van der Waals surface area contributed by atoms with E-state index >= 15 is 0 Å². The third kappa shape index (κ3) is 2.55. The van der Waals surface area contributed by atoms with Crippen molar-refractivity contribution in [2.45, 2.75) is 25.8 Å². The third-order valence-electron chi connectivity index (χ3n) is 3.77. The lowest BCUT2D eigenvalue weighted by Gasteiger charge is -2.30. The minimum atomic E-state index is -0.400. The van der Waals surface area contributed by atoms with Gasteiger partial charge in [0, 0.05) is 19.3 Å². The Morgan fingerprint density at radius 3 is 2.90 bits per heavy atom. The Kier molecular flexibility index (Phi) is 3.71. The van der Waals surface area contributed by atoms with E-state index in [0.29, 0.717) is 5.82 Å². The highest BCUT2D eigenvalue weighted by atomic mass is 32.2. The second kappa shape index (κ2) is 5.51. The minimum absolute atomic E-state index is 0.0804. The molecule has 0 atom stereocenters. The molecule has 0 spiro atoms. The van der Waals surface area contributed by atoms with Crippen LogP contribution in [-0.2, 0) is 0 Å². The molecule has 3 rings (SSSR count). The fraction of sp³-hybridized carbons (Fsp3) is 0.538. The number of hydrogen-bond donors (Lipinski definition) is 1. The van der Waals surface area contributed by atoms with Crippen molar-refractivity contribution in [2.24, 2.45) is 0 Å². The number of fused-ring (bicyclic) bond motifs is 1. The van der Waals surface area contributed by atoms with E-state index in [1.807, 2.05) is 11.8 Å². The summed E-state index contributed by atoms with van der Waals surface area (Å²) >= 11 is 1.90. The maximum Gasteiger partial charge on any atom is 0.286 e. The molecule has 0 aliphatic carbocycles. The number of aromatic nitrogens is 4. The number of carbonyl (C=O) groups is 1. The van der Waals surface area contributed by atoms with Crippen LogP contribution in [0.3, 0.4) is 0 Å². The average Bonchev–Trinajstić information content (AvgIpc) is 2.89. The summed E-state index contributed by atoms with van der Waals surface area (Å²) in [5, 5.41) is 2.80. The van der Waals surface area contributed by atoms with Gasteiger partial charge in [-0.1, -0.05) is 0 Å². The van der Waals surface area contributed by atoms with Gasteiger partial charge in [-0.3, -0.25) is 14.7 Å². The second-order valence-corrected chi connectivity index (χ2v) is 6.41. The molecule has 2 aromatic rings. The Labute approximate surface area is 125 Å². The molecule has 0 aromatic carbocycles. The Hall–Kier alpha value is -1.83. The number of rotatable bonds is 2. The van der Waals surface area contributed by atoms with Crippen LogP contribution in [0.2, 0.25) is 0 Å².